The van der Waals surface area contributed by atoms with Crippen LogP contribution in [0.1, 0.15) is 22.8 Å². The summed E-state index contributed by atoms with van der Waals surface area (Å²) in [6.07, 6.45) is 0. The summed E-state index contributed by atoms with van der Waals surface area (Å²) in [5, 5.41) is 4.28. The van der Waals surface area contributed by atoms with Crippen LogP contribution in [0.3, 0.4) is 0 Å². The van der Waals surface area contributed by atoms with Gasteiger partial charge in [-0.3, -0.25) is 4.79 Å². The number of aromatic amines is 1. The van der Waals surface area contributed by atoms with Gasteiger partial charge in [-0.05, 0) is 36.8 Å². The van der Waals surface area contributed by atoms with E-state index in [1.807, 2.05) is 53.4 Å². The molecule has 1 aromatic heterocycles. The zero-order chi connectivity index (χ0) is 17.9. The van der Waals surface area contributed by atoms with Crippen molar-refractivity contribution in [2.45, 2.75) is 23.9 Å². The van der Waals surface area contributed by atoms with E-state index in [-0.39, 0.29) is 5.91 Å². The van der Waals surface area contributed by atoms with Crippen molar-refractivity contribution in [3.05, 3.63) is 59.7 Å². The summed E-state index contributed by atoms with van der Waals surface area (Å²) >= 11 is 1.67. The first kappa shape index (κ1) is 17.1. The second kappa shape index (κ2) is 7.51. The maximum Gasteiger partial charge on any atom is 0.253 e. The Hall–Kier alpha value is -2.31. The second-order valence-corrected chi connectivity index (χ2v) is 7.62. The van der Waals surface area contributed by atoms with Gasteiger partial charge in [0.2, 0.25) is 0 Å². The Balaban J connectivity index is 1.38. The van der Waals surface area contributed by atoms with Gasteiger partial charge in [0, 0.05) is 37.0 Å². The Morgan fingerprint density at radius 3 is 2.81 bits per heavy atom. The van der Waals surface area contributed by atoms with Crippen LogP contribution in [0.5, 0.6) is 0 Å². The van der Waals surface area contributed by atoms with Gasteiger partial charge in [-0.25, -0.2) is 4.98 Å². The third-order valence-electron chi connectivity index (χ3n) is 4.60. The Morgan fingerprint density at radius 1 is 1.23 bits per heavy atom. The molecule has 0 spiro atoms. The molecule has 1 saturated heterocycles. The maximum atomic E-state index is 12.6. The second-order valence-electron chi connectivity index (χ2n) is 6.65. The first-order valence-electron chi connectivity index (χ1n) is 8.88. The van der Waals surface area contributed by atoms with Crippen molar-refractivity contribution in [2.24, 2.45) is 0 Å². The van der Waals surface area contributed by atoms with Gasteiger partial charge in [0.25, 0.3) is 5.91 Å². The molecule has 0 saturated carbocycles. The zero-order valence-corrected chi connectivity index (χ0v) is 15.6. The van der Waals surface area contributed by atoms with E-state index < -0.39 is 0 Å². The average Bonchev–Trinajstić information content (AvgIpc) is 3.09. The van der Waals surface area contributed by atoms with Crippen molar-refractivity contribution in [1.29, 1.82) is 0 Å². The van der Waals surface area contributed by atoms with E-state index in [4.69, 9.17) is 0 Å². The highest BCUT2D eigenvalue weighted by Gasteiger charge is 2.21. The number of hydrogen-bond donors (Lipinski definition) is 2. The van der Waals surface area contributed by atoms with Crippen LogP contribution in [0.15, 0.2) is 53.7 Å². The number of para-hydroxylation sites is 2. The number of carbonyl (C=O) groups excluding carboxylic acids is 1. The van der Waals surface area contributed by atoms with E-state index in [9.17, 15) is 4.79 Å². The zero-order valence-electron chi connectivity index (χ0n) is 14.7. The molecule has 6 heteroatoms. The Morgan fingerprint density at radius 2 is 2.04 bits per heavy atom. The van der Waals surface area contributed by atoms with Gasteiger partial charge in [0.1, 0.15) is 0 Å². The number of piperazine rings is 1. The van der Waals surface area contributed by atoms with Crippen molar-refractivity contribution < 1.29 is 4.79 Å². The Bertz CT molecular complexity index is 873. The number of carbonyl (C=O) groups is 1. The molecule has 5 nitrogen and oxygen atoms in total. The standard InChI is InChI=1S/C20H22N4OS/c1-14-12-24(11-10-21-14)19(25)16-8-6-15(7-9-16)13-26-20-22-17-4-2-3-5-18(17)23-20/h2-9,14,21H,10-13H2,1H3,(H,22,23)/t14-/m1/s1. The van der Waals surface area contributed by atoms with Gasteiger partial charge in [-0.1, -0.05) is 36.0 Å². The number of aromatic nitrogens is 2. The number of rotatable bonds is 4. The van der Waals surface area contributed by atoms with Crippen LogP contribution >= 0.6 is 11.8 Å². The Labute approximate surface area is 157 Å². The lowest BCUT2D eigenvalue weighted by Gasteiger charge is -2.32. The highest BCUT2D eigenvalue weighted by atomic mass is 32.2. The molecule has 26 heavy (non-hydrogen) atoms. The minimum absolute atomic E-state index is 0.120. The lowest BCUT2D eigenvalue weighted by molar-refractivity contribution is 0.0709. The van der Waals surface area contributed by atoms with Gasteiger partial charge < -0.3 is 15.2 Å². The SMILES string of the molecule is C[C@@H]1CN(C(=O)c2ccc(CSc3nc4ccccc4[nH]3)cc2)CCN1. The first-order chi connectivity index (χ1) is 12.7. The minimum atomic E-state index is 0.120. The number of fused-ring (bicyclic) bond motifs is 1. The number of hydrogen-bond acceptors (Lipinski definition) is 4. The molecule has 1 amide bonds. The van der Waals surface area contributed by atoms with Gasteiger partial charge in [-0.15, -0.1) is 0 Å². The summed E-state index contributed by atoms with van der Waals surface area (Å²) in [7, 11) is 0. The summed E-state index contributed by atoms with van der Waals surface area (Å²) in [5.74, 6) is 0.939. The van der Waals surface area contributed by atoms with Crippen LogP contribution in [0.4, 0.5) is 0 Å². The largest absolute Gasteiger partial charge is 0.336 e. The molecule has 3 aromatic rings. The Kier molecular flexibility index (Phi) is 4.95. The number of nitrogens with zero attached hydrogens (tertiary/aromatic N) is 2. The molecule has 0 radical (unpaired) electrons. The normalized spacial score (nSPS) is 17.6. The first-order valence-corrected chi connectivity index (χ1v) is 9.87. The fraction of sp³-hybridized carbons (Fsp3) is 0.300. The molecule has 2 N–H and O–H groups in total. The van der Waals surface area contributed by atoms with Crippen molar-refractivity contribution in [1.82, 2.24) is 20.2 Å². The fourth-order valence-electron chi connectivity index (χ4n) is 3.19. The molecule has 2 heterocycles. The minimum Gasteiger partial charge on any atom is -0.336 e. The number of benzene rings is 2. The van der Waals surface area contributed by atoms with Crippen LogP contribution in [0, 0.1) is 0 Å². The molecule has 1 fully saturated rings. The fourth-order valence-corrected chi connectivity index (χ4v) is 4.03. The molecule has 1 atom stereocenters. The summed E-state index contributed by atoms with van der Waals surface area (Å²) in [6.45, 7) is 4.51. The number of H-pyrrole nitrogens is 1. The van der Waals surface area contributed by atoms with E-state index in [1.165, 1.54) is 5.56 Å². The van der Waals surface area contributed by atoms with Gasteiger partial charge in [0.15, 0.2) is 5.16 Å². The van der Waals surface area contributed by atoms with Crippen LogP contribution in [-0.4, -0.2) is 46.5 Å². The van der Waals surface area contributed by atoms with Crippen molar-refractivity contribution in [3.63, 3.8) is 0 Å². The number of amides is 1. The summed E-state index contributed by atoms with van der Waals surface area (Å²) in [4.78, 5) is 22.5. The molecule has 0 unspecified atom stereocenters. The van der Waals surface area contributed by atoms with Gasteiger partial charge >= 0.3 is 0 Å². The number of imidazole rings is 1. The third-order valence-corrected chi connectivity index (χ3v) is 5.54. The highest BCUT2D eigenvalue weighted by molar-refractivity contribution is 7.98. The van der Waals surface area contributed by atoms with E-state index >= 15 is 0 Å². The lowest BCUT2D eigenvalue weighted by Crippen LogP contribution is -2.51. The average molecular weight is 366 g/mol. The predicted octanol–water partition coefficient (Wildman–Crippen LogP) is 3.29. The van der Waals surface area contributed by atoms with E-state index in [0.29, 0.717) is 6.04 Å². The molecule has 1 aliphatic rings. The van der Waals surface area contributed by atoms with Crippen molar-refractivity contribution in [2.75, 3.05) is 19.6 Å². The van der Waals surface area contributed by atoms with Crippen LogP contribution < -0.4 is 5.32 Å². The highest BCUT2D eigenvalue weighted by Crippen LogP contribution is 2.23. The number of nitrogens with one attached hydrogen (secondary N) is 2. The summed E-state index contributed by atoms with van der Waals surface area (Å²) in [6, 6.07) is 16.3. The van der Waals surface area contributed by atoms with Gasteiger partial charge in [-0.2, -0.15) is 0 Å². The predicted molar refractivity (Wildman–Crippen MR) is 105 cm³/mol. The van der Waals surface area contributed by atoms with E-state index in [2.05, 4.69) is 22.2 Å². The quantitative estimate of drug-likeness (QED) is 0.696. The lowest BCUT2D eigenvalue weighted by atomic mass is 10.1. The molecule has 2 aromatic carbocycles. The van der Waals surface area contributed by atoms with E-state index in [1.54, 1.807) is 11.8 Å². The van der Waals surface area contributed by atoms with Gasteiger partial charge in [0.05, 0.1) is 11.0 Å². The molecule has 134 valence electrons. The maximum absolute atomic E-state index is 12.6. The molecular formula is C20H22N4OS. The van der Waals surface area contributed by atoms with Crippen molar-refractivity contribution >= 4 is 28.7 Å². The van der Waals surface area contributed by atoms with Crippen LogP contribution in [0.2, 0.25) is 0 Å². The molecule has 4 rings (SSSR count). The molecule has 0 aliphatic carbocycles. The van der Waals surface area contributed by atoms with Crippen LogP contribution in [-0.2, 0) is 5.75 Å². The smallest absolute Gasteiger partial charge is 0.253 e. The molecular weight excluding hydrogens is 344 g/mol. The monoisotopic (exact) mass is 366 g/mol. The van der Waals surface area contributed by atoms with E-state index in [0.717, 1.165) is 47.1 Å². The summed E-state index contributed by atoms with van der Waals surface area (Å²) < 4.78 is 0. The topological polar surface area (TPSA) is 61.0 Å². The third kappa shape index (κ3) is 3.76. The molecule has 1 aliphatic heterocycles. The number of thioether (sulfide) groups is 1. The van der Waals surface area contributed by atoms with Crippen LogP contribution in [0.25, 0.3) is 11.0 Å². The van der Waals surface area contributed by atoms with Crippen molar-refractivity contribution in [3.8, 4) is 0 Å². The molecule has 0 bridgehead atoms. The summed E-state index contributed by atoms with van der Waals surface area (Å²) in [5.41, 5.74) is 3.99.